The number of sulfonamides is 1. The summed E-state index contributed by atoms with van der Waals surface area (Å²) in [6.45, 7) is 0.984. The van der Waals surface area contributed by atoms with Gasteiger partial charge >= 0.3 is 0 Å². The van der Waals surface area contributed by atoms with Gasteiger partial charge in [0.2, 0.25) is 16.0 Å². The second-order valence-corrected chi connectivity index (χ2v) is 5.84. The molecule has 7 nitrogen and oxygen atoms in total. The van der Waals surface area contributed by atoms with Crippen LogP contribution >= 0.6 is 0 Å². The minimum atomic E-state index is -3.13. The van der Waals surface area contributed by atoms with Crippen LogP contribution in [0.4, 0.5) is 5.95 Å². The normalized spacial score (nSPS) is 12.1. The summed E-state index contributed by atoms with van der Waals surface area (Å²) in [4.78, 5) is 8.15. The number of nitrogens with one attached hydrogen (secondary N) is 1. The number of nitrogens with zero attached hydrogens (tertiary/aromatic N) is 3. The minimum absolute atomic E-state index is 0.378. The Morgan fingerprint density at radius 3 is 3.00 bits per heavy atom. The monoisotopic (exact) mass is 269 g/mol. The maximum Gasteiger partial charge on any atom is 0.208 e. The number of aromatic nitrogens is 3. The van der Waals surface area contributed by atoms with E-state index in [0.717, 1.165) is 17.3 Å². The molecule has 98 valence electrons. The number of nitrogens with two attached hydrogens (primary N) is 1. The maximum absolute atomic E-state index is 10.9. The van der Waals surface area contributed by atoms with Gasteiger partial charge in [-0.3, -0.25) is 4.98 Å². The molecule has 0 aliphatic heterocycles. The Labute approximate surface area is 105 Å². The first-order chi connectivity index (χ1) is 8.47. The third-order valence-electron chi connectivity index (χ3n) is 2.50. The van der Waals surface area contributed by atoms with E-state index in [1.807, 2.05) is 10.6 Å². The first-order valence-corrected chi connectivity index (χ1v) is 7.37. The van der Waals surface area contributed by atoms with Crippen LogP contribution in [0.15, 0.2) is 18.5 Å². The van der Waals surface area contributed by atoms with E-state index in [2.05, 4.69) is 14.7 Å². The quantitative estimate of drug-likeness (QED) is 0.741. The lowest BCUT2D eigenvalue weighted by Crippen LogP contribution is -2.24. The van der Waals surface area contributed by atoms with Gasteiger partial charge in [-0.25, -0.2) is 18.1 Å². The van der Waals surface area contributed by atoms with Crippen LogP contribution in [0.25, 0.3) is 11.0 Å². The molecule has 0 atom stereocenters. The highest BCUT2D eigenvalue weighted by Gasteiger charge is 2.07. The largest absolute Gasteiger partial charge is 0.369 e. The Balaban J connectivity index is 2.06. The van der Waals surface area contributed by atoms with Gasteiger partial charge in [0, 0.05) is 19.3 Å². The lowest BCUT2D eigenvalue weighted by molar-refractivity contribution is 0.578. The summed E-state index contributed by atoms with van der Waals surface area (Å²) in [6.07, 6.45) is 5.11. The van der Waals surface area contributed by atoms with Crippen LogP contribution in [0, 0.1) is 0 Å². The molecule has 0 saturated heterocycles. The zero-order valence-electron chi connectivity index (χ0n) is 10.00. The summed E-state index contributed by atoms with van der Waals surface area (Å²) in [6, 6.07) is 1.84. The molecule has 0 saturated carbocycles. The van der Waals surface area contributed by atoms with Crippen molar-refractivity contribution in [2.45, 2.75) is 13.0 Å². The van der Waals surface area contributed by atoms with Crippen molar-refractivity contribution in [2.75, 3.05) is 18.5 Å². The predicted molar refractivity (Wildman–Crippen MR) is 69.4 cm³/mol. The van der Waals surface area contributed by atoms with E-state index in [4.69, 9.17) is 5.73 Å². The zero-order valence-corrected chi connectivity index (χ0v) is 10.8. The minimum Gasteiger partial charge on any atom is -0.369 e. The SMILES string of the molecule is CS(=O)(=O)NCCCn1c(N)nc2cnccc21. The van der Waals surface area contributed by atoms with Crippen LogP contribution in [0.3, 0.4) is 0 Å². The zero-order chi connectivity index (χ0) is 13.2. The van der Waals surface area contributed by atoms with Crippen LogP contribution < -0.4 is 10.5 Å². The number of hydrogen-bond donors (Lipinski definition) is 2. The lowest BCUT2D eigenvalue weighted by Gasteiger charge is -2.06. The molecule has 0 aliphatic rings. The second-order valence-electron chi connectivity index (χ2n) is 4.01. The van der Waals surface area contributed by atoms with Crippen molar-refractivity contribution in [3.8, 4) is 0 Å². The number of pyridine rings is 1. The number of fused-ring (bicyclic) bond motifs is 1. The van der Waals surface area contributed by atoms with E-state index < -0.39 is 10.0 Å². The molecule has 8 heteroatoms. The molecule has 0 amide bonds. The van der Waals surface area contributed by atoms with Gasteiger partial charge in [-0.15, -0.1) is 0 Å². The summed E-state index contributed by atoms with van der Waals surface area (Å²) in [5, 5.41) is 0. The van der Waals surface area contributed by atoms with Gasteiger partial charge in [0.25, 0.3) is 0 Å². The average molecular weight is 269 g/mol. The first-order valence-electron chi connectivity index (χ1n) is 5.48. The second kappa shape index (κ2) is 4.91. The molecule has 3 N–H and O–H groups in total. The van der Waals surface area contributed by atoms with Gasteiger partial charge in [0.05, 0.1) is 18.0 Å². The fourth-order valence-corrected chi connectivity index (χ4v) is 2.25. The van der Waals surface area contributed by atoms with Gasteiger partial charge in [-0.2, -0.15) is 0 Å². The van der Waals surface area contributed by atoms with E-state index in [9.17, 15) is 8.42 Å². The molecule has 2 aromatic rings. The number of nitrogen functional groups attached to an aromatic ring is 1. The third kappa shape index (κ3) is 2.96. The maximum atomic E-state index is 10.9. The molecule has 2 heterocycles. The predicted octanol–water partition coefficient (Wildman–Crippen LogP) is -0.0472. The smallest absolute Gasteiger partial charge is 0.208 e. The number of aryl methyl sites for hydroxylation is 1. The Bertz CT molecular complexity index is 649. The molecule has 0 aliphatic carbocycles. The van der Waals surface area contributed by atoms with Gasteiger partial charge in [-0.05, 0) is 12.5 Å². The van der Waals surface area contributed by atoms with Crippen LogP contribution in [0.5, 0.6) is 0 Å². The summed E-state index contributed by atoms with van der Waals surface area (Å²) < 4.78 is 26.1. The van der Waals surface area contributed by atoms with Crippen LogP contribution in [0.2, 0.25) is 0 Å². The fourth-order valence-electron chi connectivity index (χ4n) is 1.73. The number of hydrogen-bond acceptors (Lipinski definition) is 5. The summed E-state index contributed by atoms with van der Waals surface area (Å²) in [7, 11) is -3.13. The Morgan fingerprint density at radius 2 is 2.28 bits per heavy atom. The Kier molecular flexibility index (Phi) is 3.48. The molecule has 0 fully saturated rings. The van der Waals surface area contributed by atoms with Crippen molar-refractivity contribution in [1.29, 1.82) is 0 Å². The van der Waals surface area contributed by atoms with Crippen molar-refractivity contribution < 1.29 is 8.42 Å². The molecule has 0 aromatic carbocycles. The molecule has 0 bridgehead atoms. The molecule has 0 unspecified atom stereocenters. The van der Waals surface area contributed by atoms with Gasteiger partial charge in [0.1, 0.15) is 5.52 Å². The Morgan fingerprint density at radius 1 is 1.50 bits per heavy atom. The highest BCUT2D eigenvalue weighted by atomic mass is 32.2. The molecular formula is C10H15N5O2S. The number of imidazole rings is 1. The summed E-state index contributed by atoms with van der Waals surface area (Å²) in [5.41, 5.74) is 7.45. The van der Waals surface area contributed by atoms with E-state index >= 15 is 0 Å². The van der Waals surface area contributed by atoms with Gasteiger partial charge in [0.15, 0.2) is 0 Å². The van der Waals surface area contributed by atoms with Crippen molar-refractivity contribution in [3.63, 3.8) is 0 Å². The van der Waals surface area contributed by atoms with Gasteiger partial charge < -0.3 is 10.3 Å². The van der Waals surface area contributed by atoms with Crippen molar-refractivity contribution in [1.82, 2.24) is 19.3 Å². The standard InChI is InChI=1S/C10H15N5O2S/c1-18(16,17)13-4-2-6-15-9-3-5-12-7-8(9)14-10(15)11/h3,5,7,13H,2,4,6H2,1H3,(H2,11,14). The lowest BCUT2D eigenvalue weighted by atomic mass is 10.4. The summed E-state index contributed by atoms with van der Waals surface area (Å²) >= 11 is 0. The highest BCUT2D eigenvalue weighted by molar-refractivity contribution is 7.88. The fraction of sp³-hybridized carbons (Fsp3) is 0.400. The van der Waals surface area contributed by atoms with Crippen molar-refractivity contribution in [2.24, 2.45) is 0 Å². The molecule has 2 aromatic heterocycles. The first kappa shape index (κ1) is 12.8. The molecule has 2 rings (SSSR count). The number of rotatable bonds is 5. The molecular weight excluding hydrogens is 254 g/mol. The van der Waals surface area contributed by atoms with Crippen molar-refractivity contribution >= 4 is 27.0 Å². The topological polar surface area (TPSA) is 103 Å². The summed E-state index contributed by atoms with van der Waals surface area (Å²) in [5.74, 6) is 0.414. The van der Waals surface area contributed by atoms with Crippen LogP contribution in [-0.4, -0.2) is 35.8 Å². The van der Waals surface area contributed by atoms with E-state index in [0.29, 0.717) is 25.5 Å². The molecule has 0 radical (unpaired) electrons. The van der Waals surface area contributed by atoms with E-state index in [1.165, 1.54) is 0 Å². The van der Waals surface area contributed by atoms with Gasteiger partial charge in [-0.1, -0.05) is 0 Å². The Hall–Kier alpha value is -1.67. The molecule has 18 heavy (non-hydrogen) atoms. The number of anilines is 1. The van der Waals surface area contributed by atoms with Crippen LogP contribution in [-0.2, 0) is 16.6 Å². The highest BCUT2D eigenvalue weighted by Crippen LogP contribution is 2.16. The average Bonchev–Trinajstić information content (AvgIpc) is 2.59. The third-order valence-corrected chi connectivity index (χ3v) is 3.23. The van der Waals surface area contributed by atoms with E-state index in [-0.39, 0.29) is 0 Å². The van der Waals surface area contributed by atoms with Crippen LogP contribution in [0.1, 0.15) is 6.42 Å². The van der Waals surface area contributed by atoms with Crippen molar-refractivity contribution in [3.05, 3.63) is 18.5 Å². The van der Waals surface area contributed by atoms with E-state index in [1.54, 1.807) is 12.4 Å². The molecule has 0 spiro atoms.